The first kappa shape index (κ1) is 23.6. The van der Waals surface area contributed by atoms with Crippen molar-refractivity contribution in [2.75, 3.05) is 18.4 Å². The third-order valence-corrected chi connectivity index (χ3v) is 6.95. The van der Waals surface area contributed by atoms with Gasteiger partial charge in [-0.15, -0.1) is 0 Å². The van der Waals surface area contributed by atoms with E-state index in [4.69, 9.17) is 0 Å². The summed E-state index contributed by atoms with van der Waals surface area (Å²) in [6.45, 7) is 10.3. The topological polar surface area (TPSA) is 110 Å². The van der Waals surface area contributed by atoms with Gasteiger partial charge in [0.1, 0.15) is 5.82 Å². The summed E-state index contributed by atoms with van der Waals surface area (Å²) in [5.74, 6) is 0.249. The van der Waals surface area contributed by atoms with Crippen molar-refractivity contribution in [3.05, 3.63) is 60.0 Å². The molecule has 3 rings (SSSR count). The van der Waals surface area contributed by atoms with Crippen LogP contribution in [-0.4, -0.2) is 51.5 Å². The lowest BCUT2D eigenvalue weighted by Gasteiger charge is -2.18. The fourth-order valence-electron chi connectivity index (χ4n) is 3.09. The maximum Gasteiger partial charge on any atom is 0.256 e. The van der Waals surface area contributed by atoms with Gasteiger partial charge in [0.2, 0.25) is 10.0 Å². The quantitative estimate of drug-likeness (QED) is 0.584. The summed E-state index contributed by atoms with van der Waals surface area (Å²) in [6, 6.07) is 9.46. The minimum atomic E-state index is -3.68. The van der Waals surface area contributed by atoms with Crippen molar-refractivity contribution in [1.82, 2.24) is 24.1 Å². The van der Waals surface area contributed by atoms with Crippen LogP contribution >= 0.6 is 0 Å². The summed E-state index contributed by atoms with van der Waals surface area (Å²) in [6.07, 6.45) is 3.18. The molecule has 0 aliphatic carbocycles. The molecule has 10 heteroatoms. The molecule has 1 amide bonds. The third kappa shape index (κ3) is 4.86. The van der Waals surface area contributed by atoms with E-state index in [1.54, 1.807) is 50.5 Å². The highest BCUT2D eigenvalue weighted by Gasteiger charge is 2.25. The largest absolute Gasteiger partial charge is 0.306 e. The number of carbonyl (C=O) groups excluding carboxylic acids is 1. The van der Waals surface area contributed by atoms with Crippen LogP contribution in [0.5, 0.6) is 0 Å². The van der Waals surface area contributed by atoms with Crippen LogP contribution in [0.3, 0.4) is 0 Å². The van der Waals surface area contributed by atoms with E-state index in [0.29, 0.717) is 24.9 Å². The summed E-state index contributed by atoms with van der Waals surface area (Å²) >= 11 is 0. The zero-order valence-corrected chi connectivity index (χ0v) is 19.7. The molecule has 0 saturated carbocycles. The highest BCUT2D eigenvalue weighted by Crippen LogP contribution is 2.26. The van der Waals surface area contributed by atoms with E-state index in [-0.39, 0.29) is 15.9 Å². The molecule has 0 aliphatic heterocycles. The highest BCUT2D eigenvalue weighted by molar-refractivity contribution is 7.89. The maximum atomic E-state index is 13.0. The van der Waals surface area contributed by atoms with E-state index in [1.165, 1.54) is 21.1 Å². The lowest BCUT2D eigenvalue weighted by atomic mass is 9.92. The van der Waals surface area contributed by atoms with Crippen LogP contribution in [0.15, 0.2) is 53.7 Å². The molecule has 3 aromatic rings. The first-order valence-electron chi connectivity index (χ1n) is 10.4. The Hall–Kier alpha value is -3.11. The second-order valence-electron chi connectivity index (χ2n) is 8.20. The number of hydrogen-bond acceptors (Lipinski definition) is 6. The van der Waals surface area contributed by atoms with E-state index >= 15 is 0 Å². The third-order valence-electron chi connectivity index (χ3n) is 4.90. The normalized spacial score (nSPS) is 12.2. The Kier molecular flexibility index (Phi) is 6.75. The van der Waals surface area contributed by atoms with E-state index in [2.05, 4.69) is 20.4 Å². The van der Waals surface area contributed by atoms with Crippen molar-refractivity contribution < 1.29 is 13.2 Å². The average Bonchev–Trinajstić information content (AvgIpc) is 3.19. The monoisotopic (exact) mass is 456 g/mol. The molecule has 0 unspecified atom stereocenters. The molecule has 0 fully saturated rings. The maximum absolute atomic E-state index is 13.0. The lowest BCUT2D eigenvalue weighted by Crippen LogP contribution is -2.30. The van der Waals surface area contributed by atoms with Crippen molar-refractivity contribution in [2.24, 2.45) is 0 Å². The number of nitrogens with one attached hydrogen (secondary N) is 1. The number of rotatable bonds is 7. The molecule has 9 nitrogen and oxygen atoms in total. The first-order chi connectivity index (χ1) is 15.1. The first-order valence-corrected chi connectivity index (χ1v) is 11.8. The molecule has 0 atom stereocenters. The Bertz CT molecular complexity index is 1200. The van der Waals surface area contributed by atoms with Gasteiger partial charge in [0.25, 0.3) is 11.9 Å². The molecule has 170 valence electrons. The molecule has 0 aliphatic rings. The minimum absolute atomic E-state index is 0.0733. The molecule has 0 spiro atoms. The standard InChI is InChI=1S/C22H28N6O3S/c1-6-27(7-2)32(30,31)17-11-8-10-16(14-17)20(29)25-19-15-18(22(3,4)5)26-28(19)21-23-12-9-13-24-21/h8-15H,6-7H2,1-5H3,(H,25,29). The van der Waals surface area contributed by atoms with Crippen LogP contribution in [0.4, 0.5) is 5.82 Å². The van der Waals surface area contributed by atoms with E-state index in [9.17, 15) is 13.2 Å². The number of hydrogen-bond donors (Lipinski definition) is 1. The van der Waals surface area contributed by atoms with Crippen LogP contribution in [0.1, 0.15) is 50.7 Å². The summed E-state index contributed by atoms with van der Waals surface area (Å²) in [5.41, 5.74) is 0.701. The van der Waals surface area contributed by atoms with Crippen LogP contribution in [0.2, 0.25) is 0 Å². The zero-order chi connectivity index (χ0) is 23.5. The van der Waals surface area contributed by atoms with Gasteiger partial charge in [-0.3, -0.25) is 4.79 Å². The molecule has 0 radical (unpaired) electrons. The van der Waals surface area contributed by atoms with Crippen LogP contribution < -0.4 is 5.32 Å². The minimum Gasteiger partial charge on any atom is -0.306 e. The molecule has 2 heterocycles. The van der Waals surface area contributed by atoms with Crippen LogP contribution in [-0.2, 0) is 15.4 Å². The summed E-state index contributed by atoms with van der Waals surface area (Å²) in [4.78, 5) is 21.6. The predicted molar refractivity (Wildman–Crippen MR) is 122 cm³/mol. The van der Waals surface area contributed by atoms with E-state index < -0.39 is 15.9 Å². The second kappa shape index (κ2) is 9.17. The number of sulfonamides is 1. The molecule has 32 heavy (non-hydrogen) atoms. The summed E-state index contributed by atoms with van der Waals surface area (Å²) in [5, 5.41) is 7.40. The molecule has 2 aromatic heterocycles. The SMILES string of the molecule is CCN(CC)S(=O)(=O)c1cccc(C(=O)Nc2cc(C(C)(C)C)nn2-c2ncccn2)c1. The predicted octanol–water partition coefficient (Wildman–Crippen LogP) is 3.24. The smallest absolute Gasteiger partial charge is 0.256 e. The Morgan fingerprint density at radius 3 is 2.31 bits per heavy atom. The molecular formula is C22H28N6O3S. The van der Waals surface area contributed by atoms with Gasteiger partial charge in [-0.05, 0) is 24.3 Å². The molecular weight excluding hydrogens is 428 g/mol. The van der Waals surface area contributed by atoms with Crippen molar-refractivity contribution in [1.29, 1.82) is 0 Å². The number of carbonyl (C=O) groups is 1. The molecule has 0 bridgehead atoms. The Balaban J connectivity index is 1.97. The van der Waals surface area contributed by atoms with Crippen molar-refractivity contribution >= 4 is 21.7 Å². The van der Waals surface area contributed by atoms with Crippen molar-refractivity contribution in [2.45, 2.75) is 44.9 Å². The fraction of sp³-hybridized carbons (Fsp3) is 0.364. The Morgan fingerprint density at radius 2 is 1.72 bits per heavy atom. The van der Waals surface area contributed by atoms with Gasteiger partial charge < -0.3 is 5.32 Å². The number of nitrogens with zero attached hydrogens (tertiary/aromatic N) is 5. The summed E-state index contributed by atoms with van der Waals surface area (Å²) in [7, 11) is -3.68. The van der Waals surface area contributed by atoms with Gasteiger partial charge in [0.05, 0.1) is 10.6 Å². The number of amides is 1. The van der Waals surface area contributed by atoms with Crippen LogP contribution in [0.25, 0.3) is 5.95 Å². The fourth-order valence-corrected chi connectivity index (χ4v) is 4.59. The number of benzene rings is 1. The number of anilines is 1. The van der Waals surface area contributed by atoms with E-state index in [0.717, 1.165) is 5.69 Å². The van der Waals surface area contributed by atoms with Gasteiger partial charge in [-0.25, -0.2) is 18.4 Å². The van der Waals surface area contributed by atoms with Crippen molar-refractivity contribution in [3.8, 4) is 5.95 Å². The second-order valence-corrected chi connectivity index (χ2v) is 10.1. The molecule has 1 aromatic carbocycles. The van der Waals surface area contributed by atoms with Gasteiger partial charge in [0, 0.05) is 42.5 Å². The number of aromatic nitrogens is 4. The van der Waals surface area contributed by atoms with E-state index in [1.807, 2.05) is 20.8 Å². The van der Waals surface area contributed by atoms with Gasteiger partial charge >= 0.3 is 0 Å². The van der Waals surface area contributed by atoms with Gasteiger partial charge in [0.15, 0.2) is 0 Å². The average molecular weight is 457 g/mol. The van der Waals surface area contributed by atoms with Gasteiger partial charge in [-0.1, -0.05) is 40.7 Å². The van der Waals surface area contributed by atoms with Gasteiger partial charge in [-0.2, -0.15) is 14.1 Å². The Morgan fingerprint density at radius 1 is 1.06 bits per heavy atom. The van der Waals surface area contributed by atoms with Crippen molar-refractivity contribution in [3.63, 3.8) is 0 Å². The zero-order valence-electron chi connectivity index (χ0n) is 18.9. The Labute approximate surface area is 188 Å². The lowest BCUT2D eigenvalue weighted by molar-refractivity contribution is 0.102. The highest BCUT2D eigenvalue weighted by atomic mass is 32.2. The molecule has 1 N–H and O–H groups in total. The summed E-state index contributed by atoms with van der Waals surface area (Å²) < 4.78 is 28.5. The van der Waals surface area contributed by atoms with Crippen LogP contribution in [0, 0.1) is 0 Å². The molecule has 0 saturated heterocycles.